The lowest BCUT2D eigenvalue weighted by Gasteiger charge is -2.15. The number of rotatable bonds is 7. The van der Waals surface area contributed by atoms with Gasteiger partial charge in [-0.15, -0.1) is 0 Å². The smallest absolute Gasteiger partial charge is 0.330 e. The molecule has 2 aromatic rings. The SMILES string of the molecule is CCOC(=O)/C=C/c1ccc2c(c1)CCC2NS(=O)(=O)c1ccc(OC)cc1. The Kier molecular flexibility index (Phi) is 6.16. The highest BCUT2D eigenvalue weighted by Gasteiger charge is 2.27. The van der Waals surface area contributed by atoms with Gasteiger partial charge in [0.2, 0.25) is 10.0 Å². The van der Waals surface area contributed by atoms with E-state index in [1.165, 1.54) is 25.3 Å². The molecule has 1 aliphatic rings. The van der Waals surface area contributed by atoms with E-state index in [2.05, 4.69) is 4.72 Å². The molecule has 0 amide bonds. The van der Waals surface area contributed by atoms with Crippen LogP contribution in [0, 0.1) is 0 Å². The topological polar surface area (TPSA) is 81.7 Å². The molecule has 28 heavy (non-hydrogen) atoms. The van der Waals surface area contributed by atoms with Gasteiger partial charge in [0.1, 0.15) is 5.75 Å². The number of aryl methyl sites for hydroxylation is 1. The van der Waals surface area contributed by atoms with Gasteiger partial charge in [0.25, 0.3) is 0 Å². The summed E-state index contributed by atoms with van der Waals surface area (Å²) in [5, 5.41) is 0. The predicted octanol–water partition coefficient (Wildman–Crippen LogP) is 3.24. The molecule has 0 heterocycles. The minimum atomic E-state index is -3.63. The number of ether oxygens (including phenoxy) is 2. The van der Waals surface area contributed by atoms with Gasteiger partial charge in [-0.05, 0) is 66.8 Å². The van der Waals surface area contributed by atoms with Crippen molar-refractivity contribution in [3.05, 3.63) is 65.2 Å². The summed E-state index contributed by atoms with van der Waals surface area (Å²) in [5.74, 6) is 0.224. The minimum absolute atomic E-state index is 0.204. The Hall–Kier alpha value is -2.64. The molecule has 0 saturated heterocycles. The van der Waals surface area contributed by atoms with E-state index >= 15 is 0 Å². The first kappa shape index (κ1) is 20.1. The van der Waals surface area contributed by atoms with Crippen molar-refractivity contribution in [1.29, 1.82) is 0 Å². The van der Waals surface area contributed by atoms with Crippen molar-refractivity contribution >= 4 is 22.1 Å². The Morgan fingerprint density at radius 3 is 2.64 bits per heavy atom. The Balaban J connectivity index is 1.74. The molecule has 1 unspecified atom stereocenters. The lowest BCUT2D eigenvalue weighted by molar-refractivity contribution is -0.137. The molecular weight excluding hydrogens is 378 g/mol. The highest BCUT2D eigenvalue weighted by atomic mass is 32.2. The summed E-state index contributed by atoms with van der Waals surface area (Å²) in [6.07, 6.45) is 4.55. The highest BCUT2D eigenvalue weighted by Crippen LogP contribution is 2.33. The number of esters is 1. The number of benzene rings is 2. The van der Waals surface area contributed by atoms with Crippen molar-refractivity contribution in [3.8, 4) is 5.75 Å². The van der Waals surface area contributed by atoms with E-state index in [0.717, 1.165) is 23.1 Å². The first-order valence-electron chi connectivity index (χ1n) is 9.07. The molecule has 0 fully saturated rings. The van der Waals surface area contributed by atoms with E-state index < -0.39 is 10.0 Å². The maximum atomic E-state index is 12.7. The fourth-order valence-corrected chi connectivity index (χ4v) is 4.48. The van der Waals surface area contributed by atoms with Crippen LogP contribution in [0.2, 0.25) is 0 Å². The predicted molar refractivity (Wildman–Crippen MR) is 106 cm³/mol. The monoisotopic (exact) mass is 401 g/mol. The summed E-state index contributed by atoms with van der Waals surface area (Å²) < 4.78 is 38.1. The summed E-state index contributed by atoms with van der Waals surface area (Å²) in [7, 11) is -2.09. The van der Waals surface area contributed by atoms with Crippen LogP contribution in [0.4, 0.5) is 0 Å². The zero-order valence-corrected chi connectivity index (χ0v) is 16.7. The van der Waals surface area contributed by atoms with Gasteiger partial charge >= 0.3 is 5.97 Å². The van der Waals surface area contributed by atoms with E-state index in [0.29, 0.717) is 18.8 Å². The van der Waals surface area contributed by atoms with Gasteiger partial charge < -0.3 is 9.47 Å². The minimum Gasteiger partial charge on any atom is -0.497 e. The van der Waals surface area contributed by atoms with E-state index in [9.17, 15) is 13.2 Å². The Bertz CT molecular complexity index is 980. The number of carbonyl (C=O) groups is 1. The van der Waals surface area contributed by atoms with Crippen LogP contribution >= 0.6 is 0 Å². The van der Waals surface area contributed by atoms with Crippen LogP contribution in [0.1, 0.15) is 36.1 Å². The van der Waals surface area contributed by atoms with Gasteiger partial charge in [0.15, 0.2) is 0 Å². The Morgan fingerprint density at radius 1 is 1.21 bits per heavy atom. The van der Waals surface area contributed by atoms with Crippen LogP contribution in [0.15, 0.2) is 53.4 Å². The first-order chi connectivity index (χ1) is 13.4. The van der Waals surface area contributed by atoms with E-state index in [4.69, 9.17) is 9.47 Å². The van der Waals surface area contributed by atoms with Crippen LogP contribution in [-0.4, -0.2) is 28.1 Å². The van der Waals surface area contributed by atoms with Gasteiger partial charge in [0.05, 0.1) is 18.6 Å². The molecule has 0 bridgehead atoms. The zero-order chi connectivity index (χ0) is 20.1. The molecule has 1 atom stereocenters. The molecule has 148 valence electrons. The average Bonchev–Trinajstić information content (AvgIpc) is 3.08. The molecule has 1 N–H and O–H groups in total. The highest BCUT2D eigenvalue weighted by molar-refractivity contribution is 7.89. The number of hydrogen-bond donors (Lipinski definition) is 1. The quantitative estimate of drug-likeness (QED) is 0.569. The molecule has 1 aliphatic carbocycles. The molecule has 0 spiro atoms. The molecule has 0 radical (unpaired) electrons. The van der Waals surface area contributed by atoms with Crippen LogP contribution < -0.4 is 9.46 Å². The van der Waals surface area contributed by atoms with Gasteiger partial charge in [-0.1, -0.05) is 18.2 Å². The first-order valence-corrected chi connectivity index (χ1v) is 10.6. The lowest BCUT2D eigenvalue weighted by atomic mass is 10.0. The average molecular weight is 401 g/mol. The van der Waals surface area contributed by atoms with Crippen LogP contribution in [0.3, 0.4) is 0 Å². The third-order valence-corrected chi connectivity index (χ3v) is 6.10. The molecule has 0 aliphatic heterocycles. The third kappa shape index (κ3) is 4.61. The van der Waals surface area contributed by atoms with Crippen LogP contribution in [0.5, 0.6) is 5.75 Å². The Labute approximate surface area is 165 Å². The summed E-state index contributed by atoms with van der Waals surface area (Å²) in [5.41, 5.74) is 2.92. The second kappa shape index (κ2) is 8.58. The van der Waals surface area contributed by atoms with E-state index in [-0.39, 0.29) is 16.9 Å². The van der Waals surface area contributed by atoms with Gasteiger partial charge in [-0.3, -0.25) is 0 Å². The number of fused-ring (bicyclic) bond motifs is 1. The normalized spacial score (nSPS) is 16.1. The number of sulfonamides is 1. The zero-order valence-electron chi connectivity index (χ0n) is 15.8. The lowest BCUT2D eigenvalue weighted by Crippen LogP contribution is -2.27. The van der Waals surface area contributed by atoms with Gasteiger partial charge in [-0.2, -0.15) is 0 Å². The summed E-state index contributed by atoms with van der Waals surface area (Å²) in [6.45, 7) is 2.09. The fourth-order valence-electron chi connectivity index (χ4n) is 3.23. The number of methoxy groups -OCH3 is 1. The molecule has 3 rings (SSSR count). The maximum absolute atomic E-state index is 12.7. The summed E-state index contributed by atoms with van der Waals surface area (Å²) in [6, 6.07) is 11.8. The maximum Gasteiger partial charge on any atom is 0.330 e. The summed E-state index contributed by atoms with van der Waals surface area (Å²) in [4.78, 5) is 11.6. The van der Waals surface area contributed by atoms with Crippen molar-refractivity contribution < 1.29 is 22.7 Å². The fraction of sp³-hybridized carbons (Fsp3) is 0.286. The molecule has 6 nitrogen and oxygen atoms in total. The molecule has 2 aromatic carbocycles. The second-order valence-electron chi connectivity index (χ2n) is 6.43. The van der Waals surface area contributed by atoms with Gasteiger partial charge in [-0.25, -0.2) is 17.9 Å². The van der Waals surface area contributed by atoms with Crippen molar-refractivity contribution in [2.45, 2.75) is 30.7 Å². The van der Waals surface area contributed by atoms with Crippen molar-refractivity contribution in [1.82, 2.24) is 4.72 Å². The van der Waals surface area contributed by atoms with E-state index in [1.54, 1.807) is 25.1 Å². The van der Waals surface area contributed by atoms with Crippen LogP contribution in [0.25, 0.3) is 6.08 Å². The third-order valence-electron chi connectivity index (χ3n) is 4.61. The molecular formula is C21H23NO5S. The second-order valence-corrected chi connectivity index (χ2v) is 8.15. The molecule has 0 saturated carbocycles. The largest absolute Gasteiger partial charge is 0.497 e. The standard InChI is InChI=1S/C21H23NO5S/c1-3-27-21(23)13-5-15-4-11-19-16(14-15)6-12-20(19)22-28(24,25)18-9-7-17(26-2)8-10-18/h4-5,7-11,13-14,20,22H,3,6,12H2,1-2H3/b13-5+. The van der Waals surface area contributed by atoms with Crippen molar-refractivity contribution in [2.75, 3.05) is 13.7 Å². The van der Waals surface area contributed by atoms with Crippen molar-refractivity contribution in [2.24, 2.45) is 0 Å². The van der Waals surface area contributed by atoms with Crippen LogP contribution in [-0.2, 0) is 26.0 Å². The molecule has 0 aromatic heterocycles. The van der Waals surface area contributed by atoms with E-state index in [1.807, 2.05) is 18.2 Å². The summed E-state index contributed by atoms with van der Waals surface area (Å²) >= 11 is 0. The number of nitrogens with one attached hydrogen (secondary N) is 1. The molecule has 7 heteroatoms. The number of carbonyl (C=O) groups excluding carboxylic acids is 1. The Morgan fingerprint density at radius 2 is 1.96 bits per heavy atom. The van der Waals surface area contributed by atoms with Crippen molar-refractivity contribution in [3.63, 3.8) is 0 Å². The van der Waals surface area contributed by atoms with Gasteiger partial charge in [0, 0.05) is 12.1 Å². The number of hydrogen-bond acceptors (Lipinski definition) is 5.